The highest BCUT2D eigenvalue weighted by Gasteiger charge is 2.43. The summed E-state index contributed by atoms with van der Waals surface area (Å²) in [6.45, 7) is 1.88. The first kappa shape index (κ1) is 14.4. The second-order valence-corrected chi connectivity index (χ2v) is 6.83. The third-order valence-corrected chi connectivity index (χ3v) is 5.23. The highest BCUT2D eigenvalue weighted by Crippen LogP contribution is 2.48. The Hall–Kier alpha value is -2.17. The molecule has 4 nitrogen and oxygen atoms in total. The number of hydrogen-bond acceptors (Lipinski definition) is 2. The summed E-state index contributed by atoms with van der Waals surface area (Å²) in [4.78, 5) is 12.6. The first-order valence-electron chi connectivity index (χ1n) is 8.23. The summed E-state index contributed by atoms with van der Waals surface area (Å²) in [6, 6.07) is 7.97. The van der Waals surface area contributed by atoms with Crippen molar-refractivity contribution in [2.24, 2.45) is 17.8 Å². The van der Waals surface area contributed by atoms with Gasteiger partial charge in [0.25, 0.3) is 0 Å². The number of nitrogens with one attached hydrogen (secondary N) is 1. The van der Waals surface area contributed by atoms with Crippen LogP contribution in [0.3, 0.4) is 0 Å². The Morgan fingerprint density at radius 1 is 1.26 bits per heavy atom. The molecule has 0 aliphatic heterocycles. The normalized spacial score (nSPS) is 25.7. The second kappa shape index (κ2) is 5.48. The van der Waals surface area contributed by atoms with Gasteiger partial charge < -0.3 is 5.32 Å². The number of hydrogen-bond donors (Lipinski definition) is 1. The van der Waals surface area contributed by atoms with Crippen molar-refractivity contribution in [3.63, 3.8) is 0 Å². The predicted molar refractivity (Wildman–Crippen MR) is 85.8 cm³/mol. The van der Waals surface area contributed by atoms with Gasteiger partial charge in [-0.05, 0) is 62.3 Å². The Bertz CT molecular complexity index is 737. The number of benzene rings is 1. The van der Waals surface area contributed by atoms with Crippen molar-refractivity contribution < 1.29 is 9.18 Å². The molecular formula is C18H20FN3O. The van der Waals surface area contributed by atoms with Crippen LogP contribution in [0.1, 0.15) is 31.4 Å². The van der Waals surface area contributed by atoms with Gasteiger partial charge in [0.15, 0.2) is 0 Å². The van der Waals surface area contributed by atoms with Gasteiger partial charge in [0.2, 0.25) is 5.91 Å². The Morgan fingerprint density at radius 2 is 2.04 bits per heavy atom. The fourth-order valence-corrected chi connectivity index (χ4v) is 4.15. The second-order valence-electron chi connectivity index (χ2n) is 6.83. The van der Waals surface area contributed by atoms with Crippen LogP contribution in [0, 0.1) is 30.5 Å². The van der Waals surface area contributed by atoms with Crippen LogP contribution in [0.4, 0.5) is 10.2 Å². The number of carbonyl (C=O) groups is 1. The lowest BCUT2D eigenvalue weighted by atomic mass is 9.88. The molecule has 0 spiro atoms. The van der Waals surface area contributed by atoms with E-state index >= 15 is 0 Å². The smallest absolute Gasteiger partial charge is 0.228 e. The maximum absolute atomic E-state index is 13.1. The Labute approximate surface area is 134 Å². The van der Waals surface area contributed by atoms with Crippen molar-refractivity contribution in [1.82, 2.24) is 9.78 Å². The van der Waals surface area contributed by atoms with Gasteiger partial charge in [-0.3, -0.25) is 4.79 Å². The van der Waals surface area contributed by atoms with Crippen LogP contribution in [-0.2, 0) is 4.79 Å². The van der Waals surface area contributed by atoms with Crippen LogP contribution in [-0.4, -0.2) is 15.7 Å². The zero-order valence-corrected chi connectivity index (χ0v) is 13.1. The molecule has 2 aliphatic rings. The standard InChI is InChI=1S/C18H20FN3O/c1-11-8-17(22(21-11)15-6-4-14(19)5-7-15)20-18(23)16-10-12-2-3-13(16)9-12/h4-8,12-13,16H,2-3,9-10H2,1H3,(H,20,23). The molecule has 1 aromatic carbocycles. The van der Waals surface area contributed by atoms with Crippen LogP contribution in [0.2, 0.25) is 0 Å². The minimum Gasteiger partial charge on any atom is -0.310 e. The van der Waals surface area contributed by atoms with Crippen LogP contribution < -0.4 is 5.32 Å². The van der Waals surface area contributed by atoms with Gasteiger partial charge in [-0.25, -0.2) is 9.07 Å². The van der Waals surface area contributed by atoms with Crippen molar-refractivity contribution >= 4 is 11.7 Å². The molecule has 3 atom stereocenters. The van der Waals surface area contributed by atoms with Gasteiger partial charge in [0, 0.05) is 12.0 Å². The monoisotopic (exact) mass is 313 g/mol. The molecule has 0 saturated heterocycles. The number of amides is 1. The summed E-state index contributed by atoms with van der Waals surface area (Å²) in [5.74, 6) is 1.88. The van der Waals surface area contributed by atoms with Gasteiger partial charge in [0.05, 0.1) is 11.4 Å². The maximum atomic E-state index is 13.1. The van der Waals surface area contributed by atoms with E-state index in [1.165, 1.54) is 31.4 Å². The number of aryl methyl sites for hydroxylation is 1. The number of halogens is 1. The minimum atomic E-state index is -0.287. The van der Waals surface area contributed by atoms with E-state index in [1.807, 2.05) is 13.0 Å². The largest absolute Gasteiger partial charge is 0.310 e. The lowest BCUT2D eigenvalue weighted by Gasteiger charge is -2.21. The van der Waals surface area contributed by atoms with E-state index in [0.29, 0.717) is 11.7 Å². The molecule has 2 saturated carbocycles. The number of anilines is 1. The number of aromatic nitrogens is 2. The van der Waals surface area contributed by atoms with E-state index in [-0.39, 0.29) is 17.6 Å². The number of carbonyl (C=O) groups excluding carboxylic acids is 1. The first-order chi connectivity index (χ1) is 11.1. The summed E-state index contributed by atoms with van der Waals surface area (Å²) < 4.78 is 14.8. The molecule has 1 amide bonds. The Balaban J connectivity index is 1.57. The third kappa shape index (κ3) is 2.64. The number of fused-ring (bicyclic) bond motifs is 2. The fraction of sp³-hybridized carbons (Fsp3) is 0.444. The van der Waals surface area contributed by atoms with Crippen molar-refractivity contribution in [3.8, 4) is 5.69 Å². The SMILES string of the molecule is Cc1cc(NC(=O)C2CC3CCC2C3)n(-c2ccc(F)cc2)n1. The van der Waals surface area contributed by atoms with E-state index in [4.69, 9.17) is 0 Å². The molecule has 0 radical (unpaired) electrons. The average molecular weight is 313 g/mol. The number of rotatable bonds is 3. The van der Waals surface area contributed by atoms with Crippen molar-refractivity contribution in [2.75, 3.05) is 5.32 Å². The Kier molecular flexibility index (Phi) is 3.43. The quantitative estimate of drug-likeness (QED) is 0.939. The molecule has 5 heteroatoms. The highest BCUT2D eigenvalue weighted by molar-refractivity contribution is 5.92. The van der Waals surface area contributed by atoms with E-state index in [2.05, 4.69) is 10.4 Å². The highest BCUT2D eigenvalue weighted by atomic mass is 19.1. The summed E-state index contributed by atoms with van der Waals surface area (Å²) >= 11 is 0. The molecule has 2 aromatic rings. The average Bonchev–Trinajstić information content (AvgIpc) is 3.23. The van der Waals surface area contributed by atoms with Gasteiger partial charge >= 0.3 is 0 Å². The molecule has 2 fully saturated rings. The van der Waals surface area contributed by atoms with Gasteiger partial charge in [-0.1, -0.05) is 6.42 Å². The molecule has 1 N–H and O–H groups in total. The third-order valence-electron chi connectivity index (χ3n) is 5.23. The summed E-state index contributed by atoms with van der Waals surface area (Å²) in [7, 11) is 0. The lowest BCUT2D eigenvalue weighted by Crippen LogP contribution is -2.28. The molecule has 120 valence electrons. The van der Waals surface area contributed by atoms with Gasteiger partial charge in [0.1, 0.15) is 11.6 Å². The van der Waals surface area contributed by atoms with Gasteiger partial charge in [-0.2, -0.15) is 5.10 Å². The predicted octanol–water partition coefficient (Wildman–Crippen LogP) is 3.69. The molecule has 23 heavy (non-hydrogen) atoms. The lowest BCUT2D eigenvalue weighted by molar-refractivity contribution is -0.121. The molecule has 2 bridgehead atoms. The van der Waals surface area contributed by atoms with Crippen LogP contribution in [0.5, 0.6) is 0 Å². The maximum Gasteiger partial charge on any atom is 0.228 e. The molecule has 1 aromatic heterocycles. The number of nitrogens with zero attached hydrogens (tertiary/aromatic N) is 2. The minimum absolute atomic E-state index is 0.0976. The van der Waals surface area contributed by atoms with Crippen molar-refractivity contribution in [3.05, 3.63) is 41.8 Å². The van der Waals surface area contributed by atoms with Crippen molar-refractivity contribution in [1.29, 1.82) is 0 Å². The topological polar surface area (TPSA) is 46.9 Å². The summed E-state index contributed by atoms with van der Waals surface area (Å²) in [5, 5.41) is 7.46. The Morgan fingerprint density at radius 3 is 2.70 bits per heavy atom. The molecule has 4 rings (SSSR count). The van der Waals surface area contributed by atoms with E-state index in [9.17, 15) is 9.18 Å². The van der Waals surface area contributed by atoms with Crippen LogP contribution in [0.25, 0.3) is 5.69 Å². The molecule has 1 heterocycles. The molecule has 3 unspecified atom stereocenters. The molecular weight excluding hydrogens is 293 g/mol. The van der Waals surface area contributed by atoms with E-state index in [1.54, 1.807) is 16.8 Å². The van der Waals surface area contributed by atoms with Crippen molar-refractivity contribution in [2.45, 2.75) is 32.6 Å². The van der Waals surface area contributed by atoms with Crippen LogP contribution >= 0.6 is 0 Å². The van der Waals surface area contributed by atoms with E-state index in [0.717, 1.165) is 23.7 Å². The molecule has 2 aliphatic carbocycles. The van der Waals surface area contributed by atoms with Crippen LogP contribution in [0.15, 0.2) is 30.3 Å². The fourth-order valence-electron chi connectivity index (χ4n) is 4.15. The summed E-state index contributed by atoms with van der Waals surface area (Å²) in [5.41, 5.74) is 1.56. The zero-order valence-electron chi connectivity index (χ0n) is 13.1. The van der Waals surface area contributed by atoms with E-state index < -0.39 is 0 Å². The summed E-state index contributed by atoms with van der Waals surface area (Å²) in [6.07, 6.45) is 4.68. The first-order valence-corrected chi connectivity index (χ1v) is 8.23. The zero-order chi connectivity index (χ0) is 16.0. The van der Waals surface area contributed by atoms with Gasteiger partial charge in [-0.15, -0.1) is 0 Å².